The van der Waals surface area contributed by atoms with Crippen LogP contribution in [-0.4, -0.2) is 51.8 Å². The van der Waals surface area contributed by atoms with Gasteiger partial charge in [0.15, 0.2) is 0 Å². The van der Waals surface area contributed by atoms with E-state index in [0.29, 0.717) is 12.0 Å². The molecule has 1 aliphatic rings. The molecule has 0 radical (unpaired) electrons. The van der Waals surface area contributed by atoms with Gasteiger partial charge in [0, 0.05) is 32.7 Å². The Morgan fingerprint density at radius 3 is 2.73 bits per heavy atom. The minimum atomic E-state index is 0.414. The number of ether oxygens (including phenoxy) is 1. The number of nitrogens with zero attached hydrogens (tertiary/aromatic N) is 1. The highest BCUT2D eigenvalue weighted by atomic mass is 16.5. The van der Waals surface area contributed by atoms with Gasteiger partial charge in [0.25, 0.3) is 0 Å². The van der Waals surface area contributed by atoms with Gasteiger partial charge in [-0.05, 0) is 14.1 Å². The molecule has 11 heavy (non-hydrogen) atoms. The smallest absolute Gasteiger partial charge is 0.0748 e. The predicted molar refractivity (Wildman–Crippen MR) is 45.7 cm³/mol. The highest BCUT2D eigenvalue weighted by molar-refractivity contribution is 4.82. The molecule has 1 fully saturated rings. The van der Waals surface area contributed by atoms with Crippen LogP contribution in [0.5, 0.6) is 0 Å². The molecule has 0 aliphatic carbocycles. The summed E-state index contributed by atoms with van der Waals surface area (Å²) < 4.78 is 5.34. The fourth-order valence-corrected chi connectivity index (χ4v) is 1.64. The zero-order valence-electron chi connectivity index (χ0n) is 7.63. The van der Waals surface area contributed by atoms with Crippen LogP contribution < -0.4 is 5.32 Å². The summed E-state index contributed by atoms with van der Waals surface area (Å²) in [6.45, 7) is 3.22. The van der Waals surface area contributed by atoms with Gasteiger partial charge in [-0.3, -0.25) is 0 Å². The molecule has 3 nitrogen and oxygen atoms in total. The van der Waals surface area contributed by atoms with E-state index in [1.807, 2.05) is 0 Å². The lowest BCUT2D eigenvalue weighted by molar-refractivity contribution is 0.0729. The van der Waals surface area contributed by atoms with Crippen LogP contribution in [0.4, 0.5) is 0 Å². The van der Waals surface area contributed by atoms with Crippen molar-refractivity contribution in [2.75, 3.05) is 40.8 Å². The molecule has 66 valence electrons. The Morgan fingerprint density at radius 1 is 1.45 bits per heavy atom. The molecule has 1 rings (SSSR count). The molecule has 1 N–H and O–H groups in total. The average Bonchev–Trinajstić information content (AvgIpc) is 2.34. The van der Waals surface area contributed by atoms with E-state index in [9.17, 15) is 0 Å². The second kappa shape index (κ2) is 4.04. The molecule has 2 atom stereocenters. The van der Waals surface area contributed by atoms with Crippen molar-refractivity contribution < 1.29 is 4.74 Å². The summed E-state index contributed by atoms with van der Waals surface area (Å²) in [5.74, 6) is 0.662. The number of methoxy groups -OCH3 is 1. The van der Waals surface area contributed by atoms with E-state index in [2.05, 4.69) is 24.3 Å². The van der Waals surface area contributed by atoms with E-state index < -0.39 is 0 Å². The van der Waals surface area contributed by atoms with E-state index in [-0.39, 0.29) is 0 Å². The van der Waals surface area contributed by atoms with E-state index in [4.69, 9.17) is 4.74 Å². The van der Waals surface area contributed by atoms with Crippen LogP contribution in [0.2, 0.25) is 0 Å². The summed E-state index contributed by atoms with van der Waals surface area (Å²) in [5, 5.41) is 3.33. The summed E-state index contributed by atoms with van der Waals surface area (Å²) in [5.41, 5.74) is 0. The molecule has 0 aromatic heterocycles. The molecule has 1 aliphatic heterocycles. The highest BCUT2D eigenvalue weighted by Gasteiger charge is 2.26. The SMILES string of the molecule is CO[C@H]1CNCC1CN(C)C. The van der Waals surface area contributed by atoms with Gasteiger partial charge in [0.05, 0.1) is 6.10 Å². The molecule has 0 aromatic rings. The van der Waals surface area contributed by atoms with Gasteiger partial charge in [0.2, 0.25) is 0 Å². The van der Waals surface area contributed by atoms with Crippen LogP contribution in [-0.2, 0) is 4.74 Å². The lowest BCUT2D eigenvalue weighted by atomic mass is 10.1. The molecule has 1 unspecified atom stereocenters. The first kappa shape index (κ1) is 8.97. The van der Waals surface area contributed by atoms with E-state index >= 15 is 0 Å². The van der Waals surface area contributed by atoms with Gasteiger partial charge >= 0.3 is 0 Å². The molecular formula is C8H18N2O. The Hall–Kier alpha value is -0.120. The van der Waals surface area contributed by atoms with Crippen molar-refractivity contribution in [3.8, 4) is 0 Å². The van der Waals surface area contributed by atoms with Crippen LogP contribution in [0, 0.1) is 5.92 Å². The fourth-order valence-electron chi connectivity index (χ4n) is 1.64. The first-order valence-corrected chi connectivity index (χ1v) is 4.12. The quantitative estimate of drug-likeness (QED) is 0.614. The maximum Gasteiger partial charge on any atom is 0.0748 e. The van der Waals surface area contributed by atoms with Crippen LogP contribution in [0.1, 0.15) is 0 Å². The molecule has 0 aromatic carbocycles. The maximum atomic E-state index is 5.34. The van der Waals surface area contributed by atoms with Gasteiger partial charge in [-0.2, -0.15) is 0 Å². The monoisotopic (exact) mass is 158 g/mol. The van der Waals surface area contributed by atoms with Crippen molar-refractivity contribution in [1.29, 1.82) is 0 Å². The largest absolute Gasteiger partial charge is 0.380 e. The lowest BCUT2D eigenvalue weighted by Gasteiger charge is -2.20. The number of rotatable bonds is 3. The molecule has 3 heteroatoms. The maximum absolute atomic E-state index is 5.34. The summed E-state index contributed by atoms with van der Waals surface area (Å²) in [7, 11) is 6.00. The minimum Gasteiger partial charge on any atom is -0.380 e. The highest BCUT2D eigenvalue weighted by Crippen LogP contribution is 2.12. The van der Waals surface area contributed by atoms with Gasteiger partial charge in [-0.25, -0.2) is 0 Å². The third-order valence-electron chi connectivity index (χ3n) is 2.18. The van der Waals surface area contributed by atoms with E-state index in [1.165, 1.54) is 0 Å². The van der Waals surface area contributed by atoms with Crippen LogP contribution in [0.3, 0.4) is 0 Å². The standard InChI is InChI=1S/C8H18N2O/c1-10(2)6-7-4-9-5-8(7)11-3/h7-9H,4-6H2,1-3H3/t7?,8-/m0/s1. The number of hydrogen-bond acceptors (Lipinski definition) is 3. The van der Waals surface area contributed by atoms with Crippen molar-refractivity contribution in [2.24, 2.45) is 5.92 Å². The summed E-state index contributed by atoms with van der Waals surface area (Å²) in [6, 6.07) is 0. The van der Waals surface area contributed by atoms with Crippen molar-refractivity contribution in [2.45, 2.75) is 6.10 Å². The van der Waals surface area contributed by atoms with Crippen LogP contribution in [0.15, 0.2) is 0 Å². The Balaban J connectivity index is 2.31. The van der Waals surface area contributed by atoms with Gasteiger partial charge in [-0.1, -0.05) is 0 Å². The number of nitrogens with one attached hydrogen (secondary N) is 1. The molecule has 0 amide bonds. The summed E-state index contributed by atoms with van der Waals surface area (Å²) in [4.78, 5) is 2.21. The Bertz CT molecular complexity index is 117. The fraction of sp³-hybridized carbons (Fsp3) is 1.00. The zero-order chi connectivity index (χ0) is 8.27. The minimum absolute atomic E-state index is 0.414. The van der Waals surface area contributed by atoms with Gasteiger partial charge in [0.1, 0.15) is 0 Å². The van der Waals surface area contributed by atoms with Crippen molar-refractivity contribution in [3.05, 3.63) is 0 Å². The van der Waals surface area contributed by atoms with E-state index in [0.717, 1.165) is 19.6 Å². The second-order valence-electron chi connectivity index (χ2n) is 3.45. The predicted octanol–water partition coefficient (Wildman–Crippen LogP) is -0.218. The molecule has 0 spiro atoms. The number of hydrogen-bond donors (Lipinski definition) is 1. The Labute approximate surface area is 68.7 Å². The topological polar surface area (TPSA) is 24.5 Å². The van der Waals surface area contributed by atoms with Gasteiger partial charge < -0.3 is 15.0 Å². The van der Waals surface area contributed by atoms with Crippen molar-refractivity contribution in [1.82, 2.24) is 10.2 Å². The zero-order valence-corrected chi connectivity index (χ0v) is 7.63. The van der Waals surface area contributed by atoms with Crippen molar-refractivity contribution >= 4 is 0 Å². The average molecular weight is 158 g/mol. The third-order valence-corrected chi connectivity index (χ3v) is 2.18. The molecular weight excluding hydrogens is 140 g/mol. The van der Waals surface area contributed by atoms with Crippen LogP contribution >= 0.6 is 0 Å². The Kier molecular flexibility index (Phi) is 3.30. The van der Waals surface area contributed by atoms with E-state index in [1.54, 1.807) is 7.11 Å². The molecule has 0 saturated carbocycles. The lowest BCUT2D eigenvalue weighted by Crippen LogP contribution is -2.30. The first-order chi connectivity index (χ1) is 5.24. The summed E-state index contributed by atoms with van der Waals surface area (Å²) >= 11 is 0. The first-order valence-electron chi connectivity index (χ1n) is 4.12. The molecule has 1 saturated heterocycles. The molecule has 1 heterocycles. The normalized spacial score (nSPS) is 31.6. The van der Waals surface area contributed by atoms with Gasteiger partial charge in [-0.15, -0.1) is 0 Å². The molecule has 0 bridgehead atoms. The second-order valence-corrected chi connectivity index (χ2v) is 3.45. The third kappa shape index (κ3) is 2.43. The van der Waals surface area contributed by atoms with Crippen molar-refractivity contribution in [3.63, 3.8) is 0 Å². The Morgan fingerprint density at radius 2 is 2.18 bits per heavy atom. The van der Waals surface area contributed by atoms with Crippen LogP contribution in [0.25, 0.3) is 0 Å². The summed E-state index contributed by atoms with van der Waals surface area (Å²) in [6.07, 6.45) is 0.414.